The topological polar surface area (TPSA) is 37.4 Å². The Morgan fingerprint density at radius 2 is 2.00 bits per heavy atom. The van der Waals surface area contributed by atoms with Gasteiger partial charge in [-0.25, -0.2) is 8.42 Å². The van der Waals surface area contributed by atoms with E-state index in [1.54, 1.807) is 16.4 Å². The molecule has 4 heteroatoms. The zero-order valence-electron chi connectivity index (χ0n) is 12.5. The van der Waals surface area contributed by atoms with Gasteiger partial charge in [-0.3, -0.25) is 0 Å². The quantitative estimate of drug-likeness (QED) is 0.798. The van der Waals surface area contributed by atoms with Crippen molar-refractivity contribution in [1.29, 1.82) is 0 Å². The number of hydrogen-bond donors (Lipinski definition) is 0. The molecule has 1 aliphatic heterocycles. The minimum atomic E-state index is -3.39. The van der Waals surface area contributed by atoms with Crippen LogP contribution in [0.2, 0.25) is 0 Å². The van der Waals surface area contributed by atoms with Gasteiger partial charge in [-0.15, -0.1) is 6.58 Å². The van der Waals surface area contributed by atoms with Crippen LogP contribution >= 0.6 is 0 Å². The Morgan fingerprint density at radius 1 is 1.40 bits per heavy atom. The largest absolute Gasteiger partial charge is 0.243 e. The molecule has 1 aromatic carbocycles. The molecule has 1 unspecified atom stereocenters. The molecule has 2 atom stereocenters. The van der Waals surface area contributed by atoms with Gasteiger partial charge in [0.2, 0.25) is 10.0 Å². The second kappa shape index (κ2) is 5.34. The van der Waals surface area contributed by atoms with E-state index in [9.17, 15) is 8.42 Å². The first kappa shape index (κ1) is 15.3. The zero-order chi connectivity index (χ0) is 15.0. The number of nitrogens with zero attached hydrogens (tertiary/aromatic N) is 1. The molecule has 1 aromatic rings. The van der Waals surface area contributed by atoms with Gasteiger partial charge < -0.3 is 0 Å². The first-order valence-corrected chi connectivity index (χ1v) is 8.42. The Balaban J connectivity index is 2.31. The summed E-state index contributed by atoms with van der Waals surface area (Å²) in [6.45, 7) is 10.4. The lowest BCUT2D eigenvalue weighted by Crippen LogP contribution is -2.35. The second-order valence-corrected chi connectivity index (χ2v) is 8.11. The highest BCUT2D eigenvalue weighted by Gasteiger charge is 2.43. The van der Waals surface area contributed by atoms with Crippen molar-refractivity contribution in [2.24, 2.45) is 5.41 Å². The fourth-order valence-corrected chi connectivity index (χ4v) is 4.86. The minimum absolute atomic E-state index is 0.00106. The molecular formula is C16H23NO2S. The summed E-state index contributed by atoms with van der Waals surface area (Å²) in [5, 5.41) is 0. The van der Waals surface area contributed by atoms with Crippen LogP contribution in [0.5, 0.6) is 0 Å². The van der Waals surface area contributed by atoms with Crippen molar-refractivity contribution in [2.75, 3.05) is 6.54 Å². The molecule has 0 N–H and O–H groups in total. The van der Waals surface area contributed by atoms with Crippen LogP contribution in [0.15, 0.2) is 41.8 Å². The third-order valence-corrected chi connectivity index (χ3v) is 6.06. The van der Waals surface area contributed by atoms with Crippen LogP contribution < -0.4 is 0 Å². The molecule has 1 fully saturated rings. The van der Waals surface area contributed by atoms with E-state index in [0.717, 1.165) is 18.4 Å². The van der Waals surface area contributed by atoms with Crippen LogP contribution in [0.3, 0.4) is 0 Å². The van der Waals surface area contributed by atoms with E-state index in [-0.39, 0.29) is 11.5 Å². The highest BCUT2D eigenvalue weighted by atomic mass is 32.2. The van der Waals surface area contributed by atoms with Crippen LogP contribution in [0.25, 0.3) is 0 Å². The maximum atomic E-state index is 12.7. The highest BCUT2D eigenvalue weighted by Crippen LogP contribution is 2.40. The fraction of sp³-hybridized carbons (Fsp3) is 0.500. The molecule has 0 aromatic heterocycles. The summed E-state index contributed by atoms with van der Waals surface area (Å²) in [6.07, 6.45) is 3.61. The summed E-state index contributed by atoms with van der Waals surface area (Å²) >= 11 is 0. The van der Waals surface area contributed by atoms with Gasteiger partial charge in [-0.05, 0) is 44.2 Å². The summed E-state index contributed by atoms with van der Waals surface area (Å²) < 4.78 is 27.1. The Hall–Kier alpha value is -1.13. The third-order valence-electron chi connectivity index (χ3n) is 4.08. The van der Waals surface area contributed by atoms with E-state index in [1.165, 1.54) is 0 Å². The molecule has 2 rings (SSSR count). The van der Waals surface area contributed by atoms with E-state index >= 15 is 0 Å². The molecule has 0 radical (unpaired) electrons. The summed E-state index contributed by atoms with van der Waals surface area (Å²) in [5.41, 5.74) is 1.06. The number of allylic oxidation sites excluding steroid dienone is 1. The van der Waals surface area contributed by atoms with E-state index in [2.05, 4.69) is 13.5 Å². The predicted octanol–water partition coefficient (Wildman–Crippen LogP) is 3.36. The molecule has 1 heterocycles. The average Bonchev–Trinajstić information content (AvgIpc) is 2.66. The molecule has 0 spiro atoms. The molecule has 0 aliphatic carbocycles. The molecule has 1 saturated heterocycles. The molecule has 110 valence electrons. The molecule has 1 aliphatic rings. The van der Waals surface area contributed by atoms with Gasteiger partial charge in [0.25, 0.3) is 0 Å². The Labute approximate surface area is 122 Å². The summed E-state index contributed by atoms with van der Waals surface area (Å²) in [4.78, 5) is 0.387. The normalized spacial score (nSPS) is 27.6. The number of sulfonamides is 1. The Morgan fingerprint density at radius 3 is 2.55 bits per heavy atom. The van der Waals surface area contributed by atoms with Gasteiger partial charge in [0.05, 0.1) is 4.90 Å². The van der Waals surface area contributed by atoms with Crippen molar-refractivity contribution in [3.05, 3.63) is 42.5 Å². The Bertz CT molecular complexity index is 591. The van der Waals surface area contributed by atoms with Crippen molar-refractivity contribution >= 4 is 10.0 Å². The zero-order valence-corrected chi connectivity index (χ0v) is 13.3. The molecular weight excluding hydrogens is 270 g/mol. The maximum Gasteiger partial charge on any atom is 0.243 e. The highest BCUT2D eigenvalue weighted by molar-refractivity contribution is 7.89. The van der Waals surface area contributed by atoms with Crippen LogP contribution in [0.4, 0.5) is 0 Å². The lowest BCUT2D eigenvalue weighted by atomic mass is 9.85. The first-order valence-electron chi connectivity index (χ1n) is 6.98. The van der Waals surface area contributed by atoms with E-state index < -0.39 is 10.0 Å². The van der Waals surface area contributed by atoms with Gasteiger partial charge in [0.15, 0.2) is 0 Å². The van der Waals surface area contributed by atoms with E-state index in [0.29, 0.717) is 11.4 Å². The molecule has 0 bridgehead atoms. The lowest BCUT2D eigenvalue weighted by Gasteiger charge is -2.23. The SMILES string of the molecule is C=CCC1(C)C[C@@H](C)N(S(=O)(=O)c2ccc(C)cc2)C1. The summed E-state index contributed by atoms with van der Waals surface area (Å²) in [5.74, 6) is 0. The van der Waals surface area contributed by atoms with Crippen molar-refractivity contribution in [2.45, 2.75) is 44.6 Å². The number of rotatable bonds is 4. The fourth-order valence-electron chi connectivity index (χ4n) is 3.08. The molecule has 0 saturated carbocycles. The van der Waals surface area contributed by atoms with E-state index in [1.807, 2.05) is 32.1 Å². The van der Waals surface area contributed by atoms with Crippen LogP contribution in [-0.4, -0.2) is 25.3 Å². The van der Waals surface area contributed by atoms with Gasteiger partial charge in [0, 0.05) is 12.6 Å². The van der Waals surface area contributed by atoms with Crippen LogP contribution in [0, 0.1) is 12.3 Å². The maximum absolute atomic E-state index is 12.7. The monoisotopic (exact) mass is 293 g/mol. The second-order valence-electron chi connectivity index (χ2n) is 6.22. The minimum Gasteiger partial charge on any atom is -0.207 e. The van der Waals surface area contributed by atoms with Gasteiger partial charge >= 0.3 is 0 Å². The van der Waals surface area contributed by atoms with Crippen molar-refractivity contribution in [3.8, 4) is 0 Å². The lowest BCUT2D eigenvalue weighted by molar-refractivity contribution is 0.342. The average molecular weight is 293 g/mol. The summed E-state index contributed by atoms with van der Waals surface area (Å²) in [7, 11) is -3.39. The molecule has 3 nitrogen and oxygen atoms in total. The van der Waals surface area contributed by atoms with Crippen molar-refractivity contribution < 1.29 is 8.42 Å². The standard InChI is InChI=1S/C16H23NO2S/c1-5-10-16(4)11-14(3)17(12-16)20(18,19)15-8-6-13(2)7-9-15/h5-9,14H,1,10-12H2,2-4H3/t14-,16?/m1/s1. The number of hydrogen-bond acceptors (Lipinski definition) is 2. The molecule has 20 heavy (non-hydrogen) atoms. The van der Waals surface area contributed by atoms with E-state index in [4.69, 9.17) is 0 Å². The van der Waals surface area contributed by atoms with Crippen LogP contribution in [0.1, 0.15) is 32.3 Å². The van der Waals surface area contributed by atoms with Gasteiger partial charge in [-0.1, -0.05) is 30.7 Å². The van der Waals surface area contributed by atoms with Gasteiger partial charge in [-0.2, -0.15) is 4.31 Å². The van der Waals surface area contributed by atoms with Crippen molar-refractivity contribution in [3.63, 3.8) is 0 Å². The third kappa shape index (κ3) is 2.81. The predicted molar refractivity (Wildman–Crippen MR) is 82.1 cm³/mol. The van der Waals surface area contributed by atoms with Crippen molar-refractivity contribution in [1.82, 2.24) is 4.31 Å². The number of benzene rings is 1. The summed E-state index contributed by atoms with van der Waals surface area (Å²) in [6, 6.07) is 7.11. The van der Waals surface area contributed by atoms with Gasteiger partial charge in [0.1, 0.15) is 0 Å². The number of aryl methyl sites for hydroxylation is 1. The first-order chi connectivity index (χ1) is 9.28. The smallest absolute Gasteiger partial charge is 0.207 e. The Kier molecular flexibility index (Phi) is 4.07. The van der Waals surface area contributed by atoms with Crippen LogP contribution in [-0.2, 0) is 10.0 Å². The molecule has 0 amide bonds.